The lowest BCUT2D eigenvalue weighted by Gasteiger charge is -2.46. The second-order valence-corrected chi connectivity index (χ2v) is 25.6. The van der Waals surface area contributed by atoms with Crippen molar-refractivity contribution in [1.82, 2.24) is 0 Å². The van der Waals surface area contributed by atoms with Crippen LogP contribution in [0.1, 0.15) is 350 Å². The highest BCUT2D eigenvalue weighted by Crippen LogP contribution is 2.42. The largest absolute Gasteiger partial charge is 0.460 e. The molecule has 89 heavy (non-hydrogen) atoms. The fourth-order valence-electron chi connectivity index (χ4n) is 11.9. The Labute approximate surface area is 539 Å². The molecular weight excluding hydrogens is 1140 g/mol. The first-order chi connectivity index (χ1) is 43.4. The third-order valence-corrected chi connectivity index (χ3v) is 17.4. The third-order valence-electron chi connectivity index (χ3n) is 17.4. The standard InChI is InChI=1S/C72H130O17/c1-7-13-19-25-31-37-43-49-60(75)81-57-72(70(87-65(80)54-48-42-36-30-24-18-12-6)67(59(56-74)88-72)84-62(77)51-45-39-33-27-21-15-9-3)89-71-69(86-64(79)53-47-41-35-29-23-17-11-5)68(85-63(78)52-46-40-34-28-22-16-10-4)66(58(55-73)82-71)83-61(76)50-44-38-32-26-20-14-8-2/h58-59,66-71,73-74H,7-57H2,1-6H3/t58-,59-,66-,67-,68+,69-,70+,71-,72+/m1/s1. The van der Waals surface area contributed by atoms with Crippen LogP contribution in [-0.4, -0.2) is 121 Å². The van der Waals surface area contributed by atoms with Gasteiger partial charge in [-0.2, -0.15) is 0 Å². The Morgan fingerprint density at radius 2 is 0.584 bits per heavy atom. The van der Waals surface area contributed by atoms with E-state index in [9.17, 15) is 39.0 Å². The van der Waals surface area contributed by atoms with Gasteiger partial charge in [-0.25, -0.2) is 0 Å². The third kappa shape index (κ3) is 37.2. The summed E-state index contributed by atoms with van der Waals surface area (Å²) in [5.74, 6) is -6.40. The summed E-state index contributed by atoms with van der Waals surface area (Å²) in [5, 5.41) is 22.5. The molecule has 9 atom stereocenters. The first-order valence-electron chi connectivity index (χ1n) is 36.7. The fourth-order valence-corrected chi connectivity index (χ4v) is 11.9. The smallest absolute Gasteiger partial charge is 0.306 e. The average molecular weight is 1270 g/mol. The maximum atomic E-state index is 14.4. The molecule has 2 saturated heterocycles. The minimum absolute atomic E-state index is 0.0135. The van der Waals surface area contributed by atoms with Gasteiger partial charge < -0.3 is 52.8 Å². The predicted octanol–water partition coefficient (Wildman–Crippen LogP) is 16.8. The Morgan fingerprint density at radius 3 is 0.910 bits per heavy atom. The van der Waals surface area contributed by atoms with E-state index in [1.54, 1.807) is 0 Å². The van der Waals surface area contributed by atoms with Crippen LogP contribution >= 0.6 is 0 Å². The first-order valence-corrected chi connectivity index (χ1v) is 36.7. The molecule has 0 bridgehead atoms. The summed E-state index contributed by atoms with van der Waals surface area (Å²) in [6, 6.07) is 0. The average Bonchev–Trinajstić information content (AvgIpc) is 1.71. The Morgan fingerprint density at radius 1 is 0.315 bits per heavy atom. The number of rotatable bonds is 59. The fraction of sp³-hybridized carbons (Fsp3) is 0.917. The van der Waals surface area contributed by atoms with Crippen LogP contribution < -0.4 is 0 Å². The van der Waals surface area contributed by atoms with Crippen LogP contribution in [-0.2, 0) is 71.4 Å². The highest BCUT2D eigenvalue weighted by atomic mass is 16.8. The monoisotopic (exact) mass is 1270 g/mol. The van der Waals surface area contributed by atoms with E-state index in [4.69, 9.17) is 42.6 Å². The molecule has 0 aromatic rings. The van der Waals surface area contributed by atoms with E-state index in [2.05, 4.69) is 41.5 Å². The Hall–Kier alpha value is -3.38. The predicted molar refractivity (Wildman–Crippen MR) is 348 cm³/mol. The van der Waals surface area contributed by atoms with Gasteiger partial charge in [0, 0.05) is 38.5 Å². The van der Waals surface area contributed by atoms with E-state index in [-0.39, 0.29) is 38.5 Å². The van der Waals surface area contributed by atoms with Crippen molar-refractivity contribution in [3.05, 3.63) is 0 Å². The molecule has 0 unspecified atom stereocenters. The highest BCUT2D eigenvalue weighted by Gasteiger charge is 2.65. The Balaban J connectivity index is 2.85. The molecule has 2 aliphatic heterocycles. The summed E-state index contributed by atoms with van der Waals surface area (Å²) in [4.78, 5) is 84.9. The van der Waals surface area contributed by atoms with Crippen molar-refractivity contribution in [2.45, 2.75) is 405 Å². The van der Waals surface area contributed by atoms with Crippen LogP contribution in [0.5, 0.6) is 0 Å². The number of unbranched alkanes of at least 4 members (excludes halogenated alkanes) is 36. The number of aliphatic hydroxyl groups is 2. The molecule has 0 radical (unpaired) electrons. The van der Waals surface area contributed by atoms with Crippen molar-refractivity contribution in [1.29, 1.82) is 0 Å². The topological polar surface area (TPSA) is 226 Å². The van der Waals surface area contributed by atoms with Crippen LogP contribution in [0.2, 0.25) is 0 Å². The quantitative estimate of drug-likeness (QED) is 0.0328. The summed E-state index contributed by atoms with van der Waals surface area (Å²) in [6.07, 6.45) is 26.5. The molecular formula is C72H130O17. The molecule has 0 amide bonds. The van der Waals surface area contributed by atoms with Gasteiger partial charge in [-0.3, -0.25) is 28.8 Å². The van der Waals surface area contributed by atoms with Gasteiger partial charge in [0.05, 0.1) is 13.2 Å². The molecule has 2 heterocycles. The molecule has 2 fully saturated rings. The van der Waals surface area contributed by atoms with Crippen molar-refractivity contribution in [3.63, 3.8) is 0 Å². The number of aliphatic hydroxyl groups excluding tert-OH is 2. The lowest BCUT2D eigenvalue weighted by Crippen LogP contribution is -2.65. The van der Waals surface area contributed by atoms with Crippen molar-refractivity contribution in [2.75, 3.05) is 19.8 Å². The zero-order valence-electron chi connectivity index (χ0n) is 57.2. The number of carbonyl (C=O) groups is 6. The number of esters is 6. The van der Waals surface area contributed by atoms with Gasteiger partial charge in [-0.05, 0) is 38.5 Å². The molecule has 2 aliphatic rings. The van der Waals surface area contributed by atoms with E-state index in [0.29, 0.717) is 38.5 Å². The molecule has 0 spiro atoms. The van der Waals surface area contributed by atoms with E-state index in [0.717, 1.165) is 231 Å². The lowest BCUT2D eigenvalue weighted by molar-refractivity contribution is -0.384. The van der Waals surface area contributed by atoms with Crippen molar-refractivity contribution < 1.29 is 81.6 Å². The van der Waals surface area contributed by atoms with Crippen LogP contribution in [0.15, 0.2) is 0 Å². The van der Waals surface area contributed by atoms with Gasteiger partial charge in [-0.1, -0.05) is 273 Å². The highest BCUT2D eigenvalue weighted by molar-refractivity contribution is 5.73. The van der Waals surface area contributed by atoms with Crippen molar-refractivity contribution in [3.8, 4) is 0 Å². The van der Waals surface area contributed by atoms with Crippen molar-refractivity contribution >= 4 is 35.8 Å². The number of ether oxygens (including phenoxy) is 9. The summed E-state index contributed by atoms with van der Waals surface area (Å²) in [5.41, 5.74) is 0. The molecule has 0 aliphatic carbocycles. The number of hydrogen-bond acceptors (Lipinski definition) is 17. The summed E-state index contributed by atoms with van der Waals surface area (Å²) in [6.45, 7) is 10.6. The van der Waals surface area contributed by atoms with Gasteiger partial charge in [0.15, 0.2) is 30.5 Å². The second kappa shape index (κ2) is 54.1. The molecule has 17 nitrogen and oxygen atoms in total. The maximum absolute atomic E-state index is 14.4. The maximum Gasteiger partial charge on any atom is 0.306 e. The second-order valence-electron chi connectivity index (χ2n) is 25.6. The van der Waals surface area contributed by atoms with E-state index < -0.39 is 110 Å². The molecule has 520 valence electrons. The van der Waals surface area contributed by atoms with E-state index >= 15 is 0 Å². The SMILES string of the molecule is CCCCCCCCCC(=O)OC[C@@]1(O[C@H]2O[C@H](CO)[C@@H](OC(=O)CCCCCCCCC)[C@H](OC(=O)CCCCCCCCC)[C@H]2OC(=O)CCCCCCCCC)O[C@H](CO)[C@@H](OC(=O)CCCCCCCCC)[C@@H]1OC(=O)CCCCCCCCC. The van der Waals surface area contributed by atoms with Crippen LogP contribution in [0, 0.1) is 0 Å². The molecule has 0 aromatic heterocycles. The minimum Gasteiger partial charge on any atom is -0.460 e. The summed E-state index contributed by atoms with van der Waals surface area (Å²) in [7, 11) is 0. The van der Waals surface area contributed by atoms with Gasteiger partial charge in [0.1, 0.15) is 18.8 Å². The number of carbonyl (C=O) groups excluding carboxylic acids is 6. The van der Waals surface area contributed by atoms with E-state index in [1.165, 1.54) is 0 Å². The van der Waals surface area contributed by atoms with Gasteiger partial charge >= 0.3 is 35.8 Å². The van der Waals surface area contributed by atoms with Crippen LogP contribution in [0.3, 0.4) is 0 Å². The zero-order valence-corrected chi connectivity index (χ0v) is 57.2. The normalized spacial score (nSPS) is 21.6. The Bertz CT molecular complexity index is 1800. The molecule has 0 aromatic carbocycles. The molecule has 2 N–H and O–H groups in total. The van der Waals surface area contributed by atoms with Crippen LogP contribution in [0.4, 0.5) is 0 Å². The molecule has 2 rings (SSSR count). The molecule has 0 saturated carbocycles. The minimum atomic E-state index is -2.45. The Kier molecular flexibility index (Phi) is 49.6. The number of hydrogen-bond donors (Lipinski definition) is 2. The molecule has 17 heteroatoms. The van der Waals surface area contributed by atoms with Crippen LogP contribution in [0.25, 0.3) is 0 Å². The van der Waals surface area contributed by atoms with Gasteiger partial charge in [0.2, 0.25) is 12.1 Å². The summed E-state index contributed by atoms with van der Waals surface area (Å²) >= 11 is 0. The van der Waals surface area contributed by atoms with Gasteiger partial charge in [-0.15, -0.1) is 0 Å². The summed E-state index contributed by atoms with van der Waals surface area (Å²) < 4.78 is 57.8. The van der Waals surface area contributed by atoms with E-state index in [1.807, 2.05) is 0 Å². The van der Waals surface area contributed by atoms with Gasteiger partial charge in [0.25, 0.3) is 0 Å². The lowest BCUT2D eigenvalue weighted by atomic mass is 9.97. The van der Waals surface area contributed by atoms with Crippen molar-refractivity contribution in [2.24, 2.45) is 0 Å². The first kappa shape index (κ1) is 81.7. The zero-order chi connectivity index (χ0) is 65.0.